The SMILES string of the molecule is O[C@H]1CCCCC1Nc1nc2ccc(Cn3cnc4cc(F)cnc43)cc2s1. The minimum absolute atomic E-state index is 0.0811. The van der Waals surface area contributed by atoms with E-state index in [1.54, 1.807) is 17.7 Å². The van der Waals surface area contributed by atoms with Gasteiger partial charge in [0.2, 0.25) is 0 Å². The molecule has 3 aromatic heterocycles. The molecule has 0 amide bonds. The fourth-order valence-electron chi connectivity index (χ4n) is 3.80. The number of imidazole rings is 1. The molecule has 1 aliphatic carbocycles. The van der Waals surface area contributed by atoms with Crippen molar-refractivity contribution >= 4 is 37.8 Å². The number of fused-ring (bicyclic) bond motifs is 2. The predicted molar refractivity (Wildman–Crippen MR) is 108 cm³/mol. The molecule has 0 aliphatic heterocycles. The molecule has 0 spiro atoms. The number of nitrogens with zero attached hydrogens (tertiary/aromatic N) is 4. The Labute approximate surface area is 165 Å². The summed E-state index contributed by atoms with van der Waals surface area (Å²) in [5, 5.41) is 14.4. The topological polar surface area (TPSA) is 75.9 Å². The van der Waals surface area contributed by atoms with Crippen LogP contribution >= 0.6 is 11.3 Å². The first-order valence-corrected chi connectivity index (χ1v) is 10.3. The van der Waals surface area contributed by atoms with Gasteiger partial charge in [-0.1, -0.05) is 30.2 Å². The lowest BCUT2D eigenvalue weighted by atomic mass is 9.93. The summed E-state index contributed by atoms with van der Waals surface area (Å²) in [5.74, 6) is -0.382. The summed E-state index contributed by atoms with van der Waals surface area (Å²) in [7, 11) is 0. The van der Waals surface area contributed by atoms with Crippen molar-refractivity contribution in [1.82, 2.24) is 19.5 Å². The number of nitrogens with one attached hydrogen (secondary N) is 1. The van der Waals surface area contributed by atoms with E-state index in [1.165, 1.54) is 12.3 Å². The summed E-state index contributed by atoms with van der Waals surface area (Å²) >= 11 is 1.60. The Morgan fingerprint density at radius 3 is 2.96 bits per heavy atom. The van der Waals surface area contributed by atoms with Gasteiger partial charge in [-0.25, -0.2) is 19.3 Å². The largest absolute Gasteiger partial charge is 0.391 e. The van der Waals surface area contributed by atoms with Crippen LogP contribution in [0.3, 0.4) is 0 Å². The lowest BCUT2D eigenvalue weighted by Crippen LogP contribution is -2.36. The van der Waals surface area contributed by atoms with Crippen LogP contribution in [0.2, 0.25) is 0 Å². The van der Waals surface area contributed by atoms with Crippen LogP contribution < -0.4 is 5.32 Å². The number of rotatable bonds is 4. The Morgan fingerprint density at radius 1 is 1.18 bits per heavy atom. The van der Waals surface area contributed by atoms with E-state index < -0.39 is 0 Å². The van der Waals surface area contributed by atoms with Gasteiger partial charge < -0.3 is 15.0 Å². The van der Waals surface area contributed by atoms with Gasteiger partial charge in [-0.05, 0) is 30.5 Å². The van der Waals surface area contributed by atoms with Gasteiger partial charge in [0.15, 0.2) is 10.8 Å². The molecule has 1 saturated carbocycles. The zero-order chi connectivity index (χ0) is 19.1. The number of aromatic nitrogens is 4. The maximum Gasteiger partial charge on any atom is 0.184 e. The third-order valence-corrected chi connectivity index (χ3v) is 6.22. The van der Waals surface area contributed by atoms with E-state index in [9.17, 15) is 9.50 Å². The first kappa shape index (κ1) is 17.5. The minimum atomic E-state index is -0.382. The second kappa shape index (κ2) is 7.10. The fraction of sp³-hybridized carbons (Fsp3) is 0.350. The van der Waals surface area contributed by atoms with Crippen molar-refractivity contribution in [3.63, 3.8) is 0 Å². The molecule has 6 nitrogen and oxygen atoms in total. The van der Waals surface area contributed by atoms with Crippen LogP contribution in [0.4, 0.5) is 9.52 Å². The molecule has 28 heavy (non-hydrogen) atoms. The molecule has 1 unspecified atom stereocenters. The molecule has 2 atom stereocenters. The van der Waals surface area contributed by atoms with Crippen molar-refractivity contribution in [3.8, 4) is 0 Å². The number of aliphatic hydroxyl groups is 1. The van der Waals surface area contributed by atoms with E-state index in [2.05, 4.69) is 26.3 Å². The predicted octanol–water partition coefficient (Wildman–Crippen LogP) is 3.94. The first-order chi connectivity index (χ1) is 13.7. The summed E-state index contributed by atoms with van der Waals surface area (Å²) in [6.07, 6.45) is 6.65. The number of anilines is 1. The smallest absolute Gasteiger partial charge is 0.184 e. The van der Waals surface area contributed by atoms with Gasteiger partial charge in [0.1, 0.15) is 11.3 Å². The fourth-order valence-corrected chi connectivity index (χ4v) is 4.80. The molecule has 2 N–H and O–H groups in total. The zero-order valence-corrected chi connectivity index (χ0v) is 16.0. The highest BCUT2D eigenvalue weighted by atomic mass is 32.1. The normalized spacial score (nSPS) is 20.1. The molecule has 5 rings (SSSR count). The van der Waals surface area contributed by atoms with E-state index in [1.807, 2.05) is 16.7 Å². The van der Waals surface area contributed by atoms with Crippen LogP contribution in [-0.4, -0.2) is 36.8 Å². The van der Waals surface area contributed by atoms with Crippen LogP contribution in [0.5, 0.6) is 0 Å². The molecule has 1 fully saturated rings. The van der Waals surface area contributed by atoms with Gasteiger partial charge >= 0.3 is 0 Å². The summed E-state index contributed by atoms with van der Waals surface area (Å²) in [4.78, 5) is 13.1. The number of thiazole rings is 1. The monoisotopic (exact) mass is 397 g/mol. The maximum atomic E-state index is 13.3. The van der Waals surface area contributed by atoms with E-state index >= 15 is 0 Å². The highest BCUT2D eigenvalue weighted by molar-refractivity contribution is 7.22. The lowest BCUT2D eigenvalue weighted by molar-refractivity contribution is 0.116. The Hall–Kier alpha value is -2.58. The quantitative estimate of drug-likeness (QED) is 0.545. The number of hydrogen-bond acceptors (Lipinski definition) is 6. The Bertz CT molecular complexity index is 1140. The number of hydrogen-bond donors (Lipinski definition) is 2. The highest BCUT2D eigenvalue weighted by Crippen LogP contribution is 2.30. The van der Waals surface area contributed by atoms with Gasteiger partial charge in [0, 0.05) is 6.07 Å². The van der Waals surface area contributed by atoms with Gasteiger partial charge in [-0.2, -0.15) is 0 Å². The van der Waals surface area contributed by atoms with Gasteiger partial charge in [0.05, 0.1) is 41.4 Å². The lowest BCUT2D eigenvalue weighted by Gasteiger charge is -2.27. The van der Waals surface area contributed by atoms with Gasteiger partial charge in [-0.15, -0.1) is 0 Å². The first-order valence-electron chi connectivity index (χ1n) is 9.46. The third-order valence-electron chi connectivity index (χ3n) is 5.27. The summed E-state index contributed by atoms with van der Waals surface area (Å²) in [6.45, 7) is 0.604. The Morgan fingerprint density at radius 2 is 2.07 bits per heavy atom. The molecule has 0 bridgehead atoms. The summed E-state index contributed by atoms with van der Waals surface area (Å²) in [5.41, 5.74) is 3.26. The van der Waals surface area contributed by atoms with Crippen molar-refractivity contribution in [1.29, 1.82) is 0 Å². The van der Waals surface area contributed by atoms with E-state index in [4.69, 9.17) is 0 Å². The van der Waals surface area contributed by atoms with Crippen molar-refractivity contribution in [2.24, 2.45) is 0 Å². The average Bonchev–Trinajstić information content (AvgIpc) is 3.26. The standard InChI is InChI=1S/C20H20FN5OS/c21-13-8-16-19(22-9-13)26(11-23-16)10-12-5-6-15-18(7-12)28-20(25-15)24-14-3-1-2-4-17(14)27/h5-9,11,14,17,27H,1-4,10H2,(H,24,25)/t14?,17-/m0/s1. The van der Waals surface area contributed by atoms with Crippen molar-refractivity contribution < 1.29 is 9.50 Å². The zero-order valence-electron chi connectivity index (χ0n) is 15.2. The van der Waals surface area contributed by atoms with Crippen LogP contribution in [0, 0.1) is 5.82 Å². The second-order valence-corrected chi connectivity index (χ2v) is 8.32. The van der Waals surface area contributed by atoms with Crippen LogP contribution in [0.25, 0.3) is 21.4 Å². The number of pyridine rings is 1. The highest BCUT2D eigenvalue weighted by Gasteiger charge is 2.23. The second-order valence-electron chi connectivity index (χ2n) is 7.29. The van der Waals surface area contributed by atoms with E-state index in [0.29, 0.717) is 17.7 Å². The molecule has 1 aromatic carbocycles. The third kappa shape index (κ3) is 3.33. The molecular weight excluding hydrogens is 377 g/mol. The molecular formula is C20H20FN5OS. The number of benzene rings is 1. The summed E-state index contributed by atoms with van der Waals surface area (Å²) in [6, 6.07) is 7.64. The Kier molecular flexibility index (Phi) is 4.44. The number of halogens is 1. The van der Waals surface area contributed by atoms with Gasteiger partial charge in [0.25, 0.3) is 0 Å². The van der Waals surface area contributed by atoms with Crippen LogP contribution in [0.1, 0.15) is 31.2 Å². The van der Waals surface area contributed by atoms with Gasteiger partial charge in [-0.3, -0.25) is 0 Å². The molecule has 4 aromatic rings. The maximum absolute atomic E-state index is 13.3. The van der Waals surface area contributed by atoms with Crippen LogP contribution in [0.15, 0.2) is 36.8 Å². The minimum Gasteiger partial charge on any atom is -0.391 e. The molecule has 1 aliphatic rings. The van der Waals surface area contributed by atoms with Crippen molar-refractivity contribution in [2.75, 3.05) is 5.32 Å². The van der Waals surface area contributed by atoms with Crippen molar-refractivity contribution in [2.45, 2.75) is 44.4 Å². The molecule has 0 saturated heterocycles. The average molecular weight is 397 g/mol. The van der Waals surface area contributed by atoms with E-state index in [0.717, 1.165) is 46.6 Å². The molecule has 8 heteroatoms. The summed E-state index contributed by atoms with van der Waals surface area (Å²) < 4.78 is 16.3. The number of aliphatic hydroxyl groups excluding tert-OH is 1. The Balaban J connectivity index is 1.38. The molecule has 144 valence electrons. The molecule has 3 heterocycles. The molecule has 0 radical (unpaired) electrons. The van der Waals surface area contributed by atoms with E-state index in [-0.39, 0.29) is 18.0 Å². The van der Waals surface area contributed by atoms with Crippen LogP contribution in [-0.2, 0) is 6.54 Å². The van der Waals surface area contributed by atoms with Crippen molar-refractivity contribution in [3.05, 3.63) is 48.2 Å².